The summed E-state index contributed by atoms with van der Waals surface area (Å²) in [5.74, 6) is -0.663. The van der Waals surface area contributed by atoms with E-state index in [1.165, 1.54) is 12.1 Å². The van der Waals surface area contributed by atoms with Crippen LogP contribution >= 0.6 is 11.6 Å². The minimum atomic E-state index is -1.60. The molecule has 0 aromatic heterocycles. The minimum absolute atomic E-state index is 0.139. The van der Waals surface area contributed by atoms with Crippen molar-refractivity contribution in [3.05, 3.63) is 35.4 Å². The van der Waals surface area contributed by atoms with Crippen LogP contribution in [0.5, 0.6) is 0 Å². The first-order valence-electron chi connectivity index (χ1n) is 3.57. The van der Waals surface area contributed by atoms with Crippen molar-refractivity contribution in [1.82, 2.24) is 0 Å². The number of alkyl halides is 1. The molecule has 0 aliphatic carbocycles. The lowest BCUT2D eigenvalue weighted by atomic mass is 10.1. The van der Waals surface area contributed by atoms with Crippen molar-refractivity contribution in [1.29, 1.82) is 0 Å². The lowest BCUT2D eigenvalue weighted by Gasteiger charge is -2.03. The molecular formula is C9H7ClO3. The van der Waals surface area contributed by atoms with Crippen LogP contribution in [0.3, 0.4) is 0 Å². The van der Waals surface area contributed by atoms with Gasteiger partial charge in [0.05, 0.1) is 0 Å². The Morgan fingerprint density at radius 3 is 2.62 bits per heavy atom. The molecule has 1 unspecified atom stereocenters. The number of Topliss-reactive ketones (excluding diaryl/α,β-unsaturated/α-hetero) is 1. The zero-order chi connectivity index (χ0) is 9.84. The van der Waals surface area contributed by atoms with Gasteiger partial charge < -0.3 is 5.11 Å². The SMILES string of the molecule is O=Cc1ccccc1C(=O)C(O)Cl. The molecule has 3 nitrogen and oxygen atoms in total. The van der Waals surface area contributed by atoms with Crippen LogP contribution in [0.15, 0.2) is 24.3 Å². The lowest BCUT2D eigenvalue weighted by molar-refractivity contribution is 0.0857. The van der Waals surface area contributed by atoms with E-state index in [-0.39, 0.29) is 11.1 Å². The van der Waals surface area contributed by atoms with E-state index in [2.05, 4.69) is 0 Å². The summed E-state index contributed by atoms with van der Waals surface area (Å²) in [6, 6.07) is 6.15. The Kier molecular flexibility index (Phi) is 3.17. The maximum atomic E-state index is 11.2. The molecule has 68 valence electrons. The van der Waals surface area contributed by atoms with Gasteiger partial charge in [0.15, 0.2) is 11.8 Å². The number of rotatable bonds is 3. The second-order valence-electron chi connectivity index (χ2n) is 2.41. The maximum absolute atomic E-state index is 11.2. The fourth-order valence-electron chi connectivity index (χ4n) is 0.952. The van der Waals surface area contributed by atoms with Crippen molar-refractivity contribution in [2.75, 3.05) is 0 Å². The van der Waals surface area contributed by atoms with Gasteiger partial charge in [-0.2, -0.15) is 0 Å². The quantitative estimate of drug-likeness (QED) is 0.452. The summed E-state index contributed by atoms with van der Waals surface area (Å²) in [5.41, 5.74) is -1.23. The third kappa shape index (κ3) is 2.14. The predicted octanol–water partition coefficient (Wildman–Crippen LogP) is 1.24. The first kappa shape index (κ1) is 9.89. The van der Waals surface area contributed by atoms with Gasteiger partial charge >= 0.3 is 0 Å². The third-order valence-electron chi connectivity index (χ3n) is 1.57. The zero-order valence-corrected chi connectivity index (χ0v) is 7.36. The standard InChI is InChI=1S/C9H7ClO3/c10-9(13)8(12)7-4-2-1-3-6(7)5-11/h1-5,9,13H. The largest absolute Gasteiger partial charge is 0.371 e. The second-order valence-corrected chi connectivity index (χ2v) is 2.82. The Morgan fingerprint density at radius 2 is 2.08 bits per heavy atom. The molecule has 1 aromatic carbocycles. The Bertz CT molecular complexity index is 333. The fourth-order valence-corrected chi connectivity index (χ4v) is 1.07. The van der Waals surface area contributed by atoms with Gasteiger partial charge in [0.1, 0.15) is 0 Å². The van der Waals surface area contributed by atoms with Crippen molar-refractivity contribution in [2.45, 2.75) is 5.56 Å². The maximum Gasteiger partial charge on any atom is 0.207 e. The average Bonchev–Trinajstić information content (AvgIpc) is 2.16. The number of aliphatic hydroxyl groups is 1. The molecule has 0 aliphatic heterocycles. The number of hydrogen-bond donors (Lipinski definition) is 1. The van der Waals surface area contributed by atoms with Crippen molar-refractivity contribution in [3.63, 3.8) is 0 Å². The molecule has 0 aliphatic rings. The molecule has 0 bridgehead atoms. The number of ketones is 1. The Morgan fingerprint density at radius 1 is 1.46 bits per heavy atom. The van der Waals surface area contributed by atoms with E-state index < -0.39 is 11.3 Å². The van der Waals surface area contributed by atoms with Gasteiger partial charge in [-0.3, -0.25) is 9.59 Å². The van der Waals surface area contributed by atoms with E-state index in [4.69, 9.17) is 16.7 Å². The first-order valence-corrected chi connectivity index (χ1v) is 4.01. The van der Waals surface area contributed by atoms with E-state index in [0.29, 0.717) is 6.29 Å². The summed E-state index contributed by atoms with van der Waals surface area (Å²) in [5, 5.41) is 8.79. The fraction of sp³-hybridized carbons (Fsp3) is 0.111. The highest BCUT2D eigenvalue weighted by Gasteiger charge is 2.16. The van der Waals surface area contributed by atoms with Crippen molar-refractivity contribution in [2.24, 2.45) is 0 Å². The molecule has 0 spiro atoms. The number of aldehydes is 1. The van der Waals surface area contributed by atoms with E-state index >= 15 is 0 Å². The summed E-state index contributed by atoms with van der Waals surface area (Å²) in [4.78, 5) is 21.7. The van der Waals surface area contributed by atoms with Crippen LogP contribution in [-0.2, 0) is 0 Å². The summed E-state index contributed by atoms with van der Waals surface area (Å²) >= 11 is 5.18. The number of carbonyl (C=O) groups excluding carboxylic acids is 2. The van der Waals surface area contributed by atoms with Crippen molar-refractivity contribution in [3.8, 4) is 0 Å². The average molecular weight is 199 g/mol. The number of benzene rings is 1. The Balaban J connectivity index is 3.13. The molecular weight excluding hydrogens is 192 g/mol. The molecule has 0 saturated heterocycles. The molecule has 13 heavy (non-hydrogen) atoms. The summed E-state index contributed by atoms with van der Waals surface area (Å²) in [7, 11) is 0. The molecule has 0 amide bonds. The molecule has 4 heteroatoms. The lowest BCUT2D eigenvalue weighted by Crippen LogP contribution is -2.15. The third-order valence-corrected chi connectivity index (χ3v) is 1.77. The number of carbonyl (C=O) groups is 2. The van der Waals surface area contributed by atoms with E-state index in [9.17, 15) is 9.59 Å². The van der Waals surface area contributed by atoms with Gasteiger partial charge in [-0.1, -0.05) is 35.9 Å². The van der Waals surface area contributed by atoms with Crippen molar-refractivity contribution >= 4 is 23.7 Å². The highest BCUT2D eigenvalue weighted by atomic mass is 35.5. The highest BCUT2D eigenvalue weighted by Crippen LogP contribution is 2.10. The number of hydrogen-bond acceptors (Lipinski definition) is 3. The number of aliphatic hydroxyl groups excluding tert-OH is 1. The molecule has 1 atom stereocenters. The van der Waals surface area contributed by atoms with Crippen molar-refractivity contribution < 1.29 is 14.7 Å². The smallest absolute Gasteiger partial charge is 0.207 e. The van der Waals surface area contributed by atoms with Crippen LogP contribution in [-0.4, -0.2) is 22.7 Å². The molecule has 0 fully saturated rings. The highest BCUT2D eigenvalue weighted by molar-refractivity contribution is 6.33. The van der Waals surface area contributed by atoms with Crippen LogP contribution in [0, 0.1) is 0 Å². The van der Waals surface area contributed by atoms with Gasteiger partial charge in [0.25, 0.3) is 0 Å². The van der Waals surface area contributed by atoms with E-state index in [0.717, 1.165) is 0 Å². The minimum Gasteiger partial charge on any atom is -0.371 e. The second kappa shape index (κ2) is 4.16. The van der Waals surface area contributed by atoms with Gasteiger partial charge in [0, 0.05) is 11.1 Å². The summed E-state index contributed by atoms with van der Waals surface area (Å²) in [6.07, 6.45) is 0.548. The van der Waals surface area contributed by atoms with Crippen LogP contribution in [0.25, 0.3) is 0 Å². The van der Waals surface area contributed by atoms with Crippen LogP contribution < -0.4 is 0 Å². The normalized spacial score (nSPS) is 12.2. The van der Waals surface area contributed by atoms with E-state index in [1.54, 1.807) is 12.1 Å². The van der Waals surface area contributed by atoms with Gasteiger partial charge in [-0.25, -0.2) is 0 Å². The van der Waals surface area contributed by atoms with Crippen LogP contribution in [0.2, 0.25) is 0 Å². The predicted molar refractivity (Wildman–Crippen MR) is 48.0 cm³/mol. The van der Waals surface area contributed by atoms with Gasteiger partial charge in [-0.05, 0) is 0 Å². The topological polar surface area (TPSA) is 54.4 Å². The number of halogens is 1. The summed E-state index contributed by atoms with van der Waals surface area (Å²) in [6.45, 7) is 0. The van der Waals surface area contributed by atoms with Crippen LogP contribution in [0.4, 0.5) is 0 Å². The molecule has 1 rings (SSSR count). The first-order chi connectivity index (χ1) is 6.16. The molecule has 1 N–H and O–H groups in total. The molecule has 0 radical (unpaired) electrons. The molecule has 0 heterocycles. The zero-order valence-electron chi connectivity index (χ0n) is 6.61. The van der Waals surface area contributed by atoms with Crippen LogP contribution in [0.1, 0.15) is 20.7 Å². The Hall–Kier alpha value is -1.19. The monoisotopic (exact) mass is 198 g/mol. The van der Waals surface area contributed by atoms with Gasteiger partial charge in [0.2, 0.25) is 5.78 Å². The molecule has 1 aromatic rings. The molecule has 0 saturated carbocycles. The Labute approximate surface area is 79.9 Å². The summed E-state index contributed by atoms with van der Waals surface area (Å²) < 4.78 is 0. The van der Waals surface area contributed by atoms with Gasteiger partial charge in [-0.15, -0.1) is 0 Å². The van der Waals surface area contributed by atoms with E-state index in [1.807, 2.05) is 0 Å².